The van der Waals surface area contributed by atoms with Gasteiger partial charge in [-0.2, -0.15) is 0 Å². The number of rotatable bonds is 8. The Labute approximate surface area is 167 Å². The number of nitrogens with one attached hydrogen (secondary N) is 2. The van der Waals surface area contributed by atoms with Crippen molar-refractivity contribution in [1.82, 2.24) is 15.3 Å². The monoisotopic (exact) mass is 400 g/mol. The quantitative estimate of drug-likeness (QED) is 0.534. The molecule has 0 aliphatic carbocycles. The Morgan fingerprint density at radius 2 is 2.04 bits per heavy atom. The fraction of sp³-hybridized carbons (Fsp3) is 0.350. The summed E-state index contributed by atoms with van der Waals surface area (Å²) < 4.78 is 6.86. The average molecular weight is 401 g/mol. The van der Waals surface area contributed by atoms with Crippen LogP contribution in [-0.4, -0.2) is 40.7 Å². The maximum atomic E-state index is 11.7. The minimum absolute atomic E-state index is 0.0174. The third-order valence-corrected chi connectivity index (χ3v) is 5.04. The number of aliphatic hydroxyl groups excluding tert-OH is 1. The highest BCUT2D eigenvalue weighted by molar-refractivity contribution is 7.22. The lowest BCUT2D eigenvalue weighted by atomic mass is 10.0. The van der Waals surface area contributed by atoms with E-state index in [1.165, 1.54) is 17.5 Å². The zero-order valence-electron chi connectivity index (χ0n) is 16.1. The van der Waals surface area contributed by atoms with Crippen molar-refractivity contribution in [2.24, 2.45) is 5.92 Å². The van der Waals surface area contributed by atoms with Crippen LogP contribution in [-0.2, 0) is 0 Å². The molecule has 3 aromatic rings. The number of amides is 1. The SMILES string of the molecule is CNC(=O)c1cc(Oc2ccc3nc(N[C@@H](CO)CC(C)C)sc3c2)ccn1. The van der Waals surface area contributed by atoms with Gasteiger partial charge in [-0.05, 0) is 30.5 Å². The molecule has 0 radical (unpaired) electrons. The molecule has 1 atom stereocenters. The summed E-state index contributed by atoms with van der Waals surface area (Å²) >= 11 is 1.51. The van der Waals surface area contributed by atoms with Crippen LogP contribution in [0.5, 0.6) is 11.5 Å². The molecule has 0 unspecified atom stereocenters. The first-order valence-electron chi connectivity index (χ1n) is 9.12. The molecule has 1 amide bonds. The summed E-state index contributed by atoms with van der Waals surface area (Å²) in [5.41, 5.74) is 1.16. The van der Waals surface area contributed by atoms with E-state index in [4.69, 9.17) is 4.74 Å². The fourth-order valence-electron chi connectivity index (χ4n) is 2.82. The van der Waals surface area contributed by atoms with Crippen LogP contribution in [0.2, 0.25) is 0 Å². The number of carbonyl (C=O) groups excluding carboxylic acids is 1. The van der Waals surface area contributed by atoms with E-state index >= 15 is 0 Å². The highest BCUT2D eigenvalue weighted by Crippen LogP contribution is 2.32. The first-order chi connectivity index (χ1) is 13.5. The number of hydrogen-bond donors (Lipinski definition) is 3. The molecule has 0 spiro atoms. The average Bonchev–Trinajstić information content (AvgIpc) is 3.08. The highest BCUT2D eigenvalue weighted by Gasteiger charge is 2.13. The van der Waals surface area contributed by atoms with Gasteiger partial charge in [-0.1, -0.05) is 25.2 Å². The molecule has 0 saturated heterocycles. The number of nitrogens with zero attached hydrogens (tertiary/aromatic N) is 2. The molecule has 28 heavy (non-hydrogen) atoms. The number of aromatic nitrogens is 2. The summed E-state index contributed by atoms with van der Waals surface area (Å²) in [5, 5.41) is 16.2. The number of aliphatic hydroxyl groups is 1. The van der Waals surface area contributed by atoms with Gasteiger partial charge in [-0.3, -0.25) is 9.78 Å². The van der Waals surface area contributed by atoms with Crippen molar-refractivity contribution in [1.29, 1.82) is 0 Å². The molecule has 148 valence electrons. The predicted molar refractivity (Wildman–Crippen MR) is 111 cm³/mol. The molecule has 3 rings (SSSR count). The number of thiazole rings is 1. The van der Waals surface area contributed by atoms with Crippen LogP contribution in [0.25, 0.3) is 10.2 Å². The van der Waals surface area contributed by atoms with Gasteiger partial charge < -0.3 is 20.5 Å². The van der Waals surface area contributed by atoms with E-state index < -0.39 is 0 Å². The Balaban J connectivity index is 1.76. The zero-order valence-corrected chi connectivity index (χ0v) is 16.9. The number of anilines is 1. The van der Waals surface area contributed by atoms with Crippen molar-refractivity contribution in [2.75, 3.05) is 19.0 Å². The zero-order chi connectivity index (χ0) is 20.1. The molecule has 0 bridgehead atoms. The van der Waals surface area contributed by atoms with Gasteiger partial charge in [0.25, 0.3) is 5.91 Å². The first kappa shape index (κ1) is 20.0. The van der Waals surface area contributed by atoms with Crippen molar-refractivity contribution >= 4 is 32.6 Å². The first-order valence-corrected chi connectivity index (χ1v) is 9.94. The predicted octanol–water partition coefficient (Wildman–Crippen LogP) is 3.66. The second kappa shape index (κ2) is 8.99. The largest absolute Gasteiger partial charge is 0.457 e. The lowest BCUT2D eigenvalue weighted by molar-refractivity contribution is 0.0958. The van der Waals surface area contributed by atoms with E-state index in [0.29, 0.717) is 23.1 Å². The van der Waals surface area contributed by atoms with Gasteiger partial charge >= 0.3 is 0 Å². The van der Waals surface area contributed by atoms with E-state index in [9.17, 15) is 9.90 Å². The van der Waals surface area contributed by atoms with Gasteiger partial charge in [0.05, 0.1) is 22.9 Å². The topological polar surface area (TPSA) is 96.4 Å². The van der Waals surface area contributed by atoms with Crippen molar-refractivity contribution in [3.8, 4) is 11.5 Å². The lowest BCUT2D eigenvalue weighted by Crippen LogP contribution is -2.25. The minimum atomic E-state index is -0.265. The van der Waals surface area contributed by atoms with Gasteiger partial charge in [0, 0.05) is 25.4 Å². The van der Waals surface area contributed by atoms with Crippen LogP contribution in [0.15, 0.2) is 36.5 Å². The molecule has 0 aliphatic heterocycles. The number of ether oxygens (including phenoxy) is 1. The van der Waals surface area contributed by atoms with Crippen LogP contribution in [0.4, 0.5) is 5.13 Å². The van der Waals surface area contributed by atoms with Crippen molar-refractivity contribution in [3.63, 3.8) is 0 Å². The standard InChI is InChI=1S/C20H24N4O3S/c1-12(2)8-13(11-25)23-20-24-16-5-4-14(10-18(16)28-20)27-15-6-7-22-17(9-15)19(26)21-3/h4-7,9-10,12-13,25H,8,11H2,1-3H3,(H,21,26)(H,23,24)/t13-/m1/s1. The molecule has 7 nitrogen and oxygen atoms in total. The minimum Gasteiger partial charge on any atom is -0.457 e. The maximum Gasteiger partial charge on any atom is 0.269 e. The van der Waals surface area contributed by atoms with E-state index in [0.717, 1.165) is 21.8 Å². The third kappa shape index (κ3) is 4.96. The summed E-state index contributed by atoms with van der Waals surface area (Å²) in [7, 11) is 1.56. The highest BCUT2D eigenvalue weighted by atomic mass is 32.1. The molecule has 2 heterocycles. The van der Waals surface area contributed by atoms with Gasteiger partial charge in [-0.25, -0.2) is 4.98 Å². The molecule has 8 heteroatoms. The number of carbonyl (C=O) groups is 1. The van der Waals surface area contributed by atoms with Crippen LogP contribution < -0.4 is 15.4 Å². The molecule has 2 aromatic heterocycles. The fourth-order valence-corrected chi connectivity index (χ4v) is 3.79. The second-order valence-electron chi connectivity index (χ2n) is 6.86. The Morgan fingerprint density at radius 3 is 2.75 bits per heavy atom. The summed E-state index contributed by atoms with van der Waals surface area (Å²) in [5.74, 6) is 1.41. The number of fused-ring (bicyclic) bond motifs is 1. The van der Waals surface area contributed by atoms with Gasteiger partial charge in [0.2, 0.25) is 0 Å². The van der Waals surface area contributed by atoms with Gasteiger partial charge in [0.15, 0.2) is 5.13 Å². The molecular formula is C20H24N4O3S. The summed E-state index contributed by atoms with van der Waals surface area (Å²) in [6.07, 6.45) is 2.41. The second-order valence-corrected chi connectivity index (χ2v) is 7.89. The molecule has 0 saturated carbocycles. The smallest absolute Gasteiger partial charge is 0.269 e. The Hall–Kier alpha value is -2.71. The van der Waals surface area contributed by atoms with Gasteiger partial charge in [-0.15, -0.1) is 0 Å². The normalized spacial score (nSPS) is 12.2. The van der Waals surface area contributed by atoms with Crippen molar-refractivity contribution in [3.05, 3.63) is 42.2 Å². The molecule has 0 aliphatic rings. The van der Waals surface area contributed by atoms with E-state index in [1.54, 1.807) is 19.2 Å². The number of hydrogen-bond acceptors (Lipinski definition) is 7. The van der Waals surface area contributed by atoms with Crippen LogP contribution in [0.1, 0.15) is 30.8 Å². The molecular weight excluding hydrogens is 376 g/mol. The number of benzene rings is 1. The third-order valence-electron chi connectivity index (χ3n) is 4.09. The maximum absolute atomic E-state index is 11.7. The van der Waals surface area contributed by atoms with Crippen LogP contribution in [0, 0.1) is 5.92 Å². The summed E-state index contributed by atoms with van der Waals surface area (Å²) in [4.78, 5) is 20.3. The summed E-state index contributed by atoms with van der Waals surface area (Å²) in [6.45, 7) is 4.32. The summed E-state index contributed by atoms with van der Waals surface area (Å²) in [6, 6.07) is 8.92. The van der Waals surface area contributed by atoms with E-state index in [1.807, 2.05) is 18.2 Å². The van der Waals surface area contributed by atoms with Crippen LogP contribution in [0.3, 0.4) is 0 Å². The Kier molecular flexibility index (Phi) is 6.43. The molecule has 1 aromatic carbocycles. The van der Waals surface area contributed by atoms with Gasteiger partial charge in [0.1, 0.15) is 17.2 Å². The molecule has 0 fully saturated rings. The van der Waals surface area contributed by atoms with Crippen LogP contribution >= 0.6 is 11.3 Å². The number of pyridine rings is 1. The lowest BCUT2D eigenvalue weighted by Gasteiger charge is -2.17. The van der Waals surface area contributed by atoms with E-state index in [-0.39, 0.29) is 18.6 Å². The Bertz CT molecular complexity index is 958. The van der Waals surface area contributed by atoms with Crippen molar-refractivity contribution in [2.45, 2.75) is 26.3 Å². The van der Waals surface area contributed by atoms with Crippen molar-refractivity contribution < 1.29 is 14.6 Å². The Morgan fingerprint density at radius 1 is 1.25 bits per heavy atom. The van der Waals surface area contributed by atoms with E-state index in [2.05, 4.69) is 34.4 Å². The molecule has 3 N–H and O–H groups in total.